The first-order chi connectivity index (χ1) is 15.2. The topological polar surface area (TPSA) is 44.8 Å². The Morgan fingerprint density at radius 2 is 1.42 bits per heavy atom. The van der Waals surface area contributed by atoms with Crippen LogP contribution in [0.5, 0.6) is 17.2 Å². The summed E-state index contributed by atoms with van der Waals surface area (Å²) < 4.78 is 18.6. The second kappa shape index (κ2) is 14.3. The molecule has 0 N–H and O–H groups in total. The first-order valence-corrected chi connectivity index (χ1v) is 12.8. The van der Waals surface area contributed by atoms with Crippen molar-refractivity contribution in [2.75, 3.05) is 0 Å². The number of hydrogen-bond acceptors (Lipinski definition) is 4. The maximum absolute atomic E-state index is 13.4. The molecule has 4 nitrogen and oxygen atoms in total. The number of hydrogen-bond donors (Lipinski definition) is 0. The van der Waals surface area contributed by atoms with Gasteiger partial charge in [-0.25, -0.2) is 0 Å². The van der Waals surface area contributed by atoms with Crippen molar-refractivity contribution in [2.45, 2.75) is 86.0 Å². The van der Waals surface area contributed by atoms with Crippen LogP contribution in [0.15, 0.2) is 30.3 Å². The van der Waals surface area contributed by atoms with Crippen LogP contribution in [0.25, 0.3) is 0 Å². The van der Waals surface area contributed by atoms with Gasteiger partial charge in [-0.3, -0.25) is 4.79 Å². The van der Waals surface area contributed by atoms with Crippen LogP contribution < -0.4 is 38.4 Å². The Balaban J connectivity index is 0.00000544. The van der Waals surface area contributed by atoms with Gasteiger partial charge in [-0.2, -0.15) is 0 Å². The van der Waals surface area contributed by atoms with E-state index in [1.54, 1.807) is 6.07 Å². The SMILES string of the molecule is CCC(C)Oc1cc(OC(C)CC)c(PC(=O)c2c(C)cccc2Cl)c(OC(C)CC)c1.[H-].[Li+]. The van der Waals surface area contributed by atoms with Crippen LogP contribution in [-0.4, -0.2) is 23.8 Å². The maximum atomic E-state index is 13.4. The van der Waals surface area contributed by atoms with Crippen molar-refractivity contribution in [3.05, 3.63) is 46.5 Å². The number of aryl methyl sites for hydroxylation is 1. The van der Waals surface area contributed by atoms with Gasteiger partial charge in [0.25, 0.3) is 0 Å². The third-order valence-electron chi connectivity index (χ3n) is 5.45. The zero-order valence-corrected chi connectivity index (χ0v) is 23.0. The van der Waals surface area contributed by atoms with Crippen molar-refractivity contribution in [3.63, 3.8) is 0 Å². The molecule has 0 aromatic heterocycles. The van der Waals surface area contributed by atoms with Gasteiger partial charge in [0.15, 0.2) is 5.52 Å². The van der Waals surface area contributed by atoms with Crippen LogP contribution in [-0.2, 0) is 0 Å². The third-order valence-corrected chi connectivity index (χ3v) is 6.98. The van der Waals surface area contributed by atoms with Crippen molar-refractivity contribution in [2.24, 2.45) is 0 Å². The van der Waals surface area contributed by atoms with Gasteiger partial charge in [0, 0.05) is 17.7 Å². The van der Waals surface area contributed by atoms with E-state index in [1.165, 1.54) is 0 Å². The molecular formula is C26H37ClLiO4P. The molecule has 4 unspecified atom stereocenters. The zero-order valence-electron chi connectivity index (χ0n) is 22.3. The molecule has 4 atom stereocenters. The average Bonchev–Trinajstić information content (AvgIpc) is 2.75. The van der Waals surface area contributed by atoms with Gasteiger partial charge in [-0.1, -0.05) is 44.5 Å². The molecule has 0 aliphatic heterocycles. The van der Waals surface area contributed by atoms with Crippen LogP contribution in [0.2, 0.25) is 5.02 Å². The van der Waals surface area contributed by atoms with Crippen molar-refractivity contribution >= 4 is 31.0 Å². The van der Waals surface area contributed by atoms with Crippen LogP contribution in [0.4, 0.5) is 0 Å². The Bertz CT molecular complexity index is 874. The van der Waals surface area contributed by atoms with Gasteiger partial charge in [-0.15, -0.1) is 0 Å². The minimum atomic E-state index is -0.188. The number of halogens is 1. The second-order valence-electron chi connectivity index (χ2n) is 8.19. The standard InChI is InChI=1S/C26H36ClO4P.Li.H/c1-8-17(5)29-20-14-22(30-18(6)9-2)25(23(15-20)31-19(7)10-3)32-26(28)24-16(4)12-11-13-21(24)27;;/h11-15,17-19,32H,8-10H2,1-7H3;;/q;+1;-1. The predicted molar refractivity (Wildman–Crippen MR) is 137 cm³/mol. The van der Waals surface area contributed by atoms with Gasteiger partial charge in [0.05, 0.1) is 28.6 Å². The van der Waals surface area contributed by atoms with Gasteiger partial charge in [0.2, 0.25) is 0 Å². The Morgan fingerprint density at radius 1 is 0.939 bits per heavy atom. The van der Waals surface area contributed by atoms with E-state index in [4.69, 9.17) is 25.8 Å². The van der Waals surface area contributed by atoms with Gasteiger partial charge < -0.3 is 15.6 Å². The third kappa shape index (κ3) is 8.52. The molecule has 0 heterocycles. The fourth-order valence-electron chi connectivity index (χ4n) is 2.95. The van der Waals surface area contributed by atoms with Crippen LogP contribution >= 0.6 is 20.2 Å². The number of ether oxygens (including phenoxy) is 3. The molecule has 0 radical (unpaired) electrons. The number of carbonyl (C=O) groups excluding carboxylic acids is 1. The van der Waals surface area contributed by atoms with Gasteiger partial charge in [-0.05, 0) is 67.2 Å². The van der Waals surface area contributed by atoms with E-state index in [-0.39, 0.29) is 52.7 Å². The van der Waals surface area contributed by atoms with Crippen LogP contribution in [0.1, 0.15) is 78.2 Å². The molecule has 0 bridgehead atoms. The largest absolute Gasteiger partial charge is 1.00 e. The van der Waals surface area contributed by atoms with E-state index in [9.17, 15) is 4.79 Å². The molecular weight excluding hydrogens is 450 g/mol. The minimum Gasteiger partial charge on any atom is -1.00 e. The van der Waals surface area contributed by atoms with E-state index >= 15 is 0 Å². The molecule has 0 fully saturated rings. The Kier molecular flexibility index (Phi) is 12.9. The molecule has 7 heteroatoms. The smallest absolute Gasteiger partial charge is 1.00 e. The normalized spacial score (nSPS) is 13.8. The summed E-state index contributed by atoms with van der Waals surface area (Å²) >= 11 is 6.38. The Labute approximate surface area is 219 Å². The summed E-state index contributed by atoms with van der Waals surface area (Å²) in [6.45, 7) is 14.2. The molecule has 0 amide bonds. The van der Waals surface area contributed by atoms with E-state index in [2.05, 4.69) is 20.8 Å². The van der Waals surface area contributed by atoms with Crippen LogP contribution in [0, 0.1) is 6.92 Å². The summed E-state index contributed by atoms with van der Waals surface area (Å²) in [5.74, 6) is 1.95. The first kappa shape index (κ1) is 29.9. The Hall–Kier alpha value is -1.17. The summed E-state index contributed by atoms with van der Waals surface area (Å²) in [4.78, 5) is 13.4. The molecule has 2 aromatic rings. The van der Waals surface area contributed by atoms with E-state index in [0.717, 1.165) is 30.1 Å². The molecule has 33 heavy (non-hydrogen) atoms. The molecule has 2 rings (SSSR count). The minimum absolute atomic E-state index is 0. The monoisotopic (exact) mass is 486 g/mol. The summed E-state index contributed by atoms with van der Waals surface area (Å²) in [6.07, 6.45) is 2.62. The average molecular weight is 487 g/mol. The molecule has 0 aliphatic rings. The fourth-order valence-corrected chi connectivity index (χ4v) is 4.53. The summed E-state index contributed by atoms with van der Waals surface area (Å²) in [6, 6.07) is 9.28. The van der Waals surface area contributed by atoms with Crippen LogP contribution in [0.3, 0.4) is 0 Å². The van der Waals surface area contributed by atoms with Crippen molar-refractivity contribution in [1.82, 2.24) is 0 Å². The summed E-state index contributed by atoms with van der Waals surface area (Å²) in [5, 5.41) is 1.22. The predicted octanol–water partition coefficient (Wildman–Crippen LogP) is 4.44. The zero-order chi connectivity index (χ0) is 23.8. The Morgan fingerprint density at radius 3 is 1.88 bits per heavy atom. The maximum Gasteiger partial charge on any atom is 1.00 e. The molecule has 178 valence electrons. The van der Waals surface area contributed by atoms with Crippen molar-refractivity contribution in [1.29, 1.82) is 0 Å². The quantitative estimate of drug-likeness (QED) is 0.329. The van der Waals surface area contributed by atoms with Crippen molar-refractivity contribution < 1.29 is 39.3 Å². The number of carbonyl (C=O) groups is 1. The number of benzene rings is 2. The van der Waals surface area contributed by atoms with Gasteiger partial charge >= 0.3 is 18.9 Å². The molecule has 0 saturated heterocycles. The molecule has 0 spiro atoms. The first-order valence-electron chi connectivity index (χ1n) is 11.4. The molecule has 2 aromatic carbocycles. The fraction of sp³-hybridized carbons (Fsp3) is 0.500. The molecule has 0 aliphatic carbocycles. The van der Waals surface area contributed by atoms with Crippen molar-refractivity contribution in [3.8, 4) is 17.2 Å². The summed E-state index contributed by atoms with van der Waals surface area (Å²) in [7, 11) is -0.188. The number of rotatable bonds is 12. The molecule has 0 saturated carbocycles. The van der Waals surface area contributed by atoms with E-state index in [0.29, 0.717) is 27.8 Å². The van der Waals surface area contributed by atoms with Gasteiger partial charge in [0.1, 0.15) is 17.2 Å². The summed E-state index contributed by atoms with van der Waals surface area (Å²) in [5.41, 5.74) is 1.38. The van der Waals surface area contributed by atoms with E-state index < -0.39 is 0 Å². The van der Waals surface area contributed by atoms with E-state index in [1.807, 2.05) is 52.0 Å². The second-order valence-corrected chi connectivity index (χ2v) is 9.80.